The predicted molar refractivity (Wildman–Crippen MR) is 189 cm³/mol. The van der Waals surface area contributed by atoms with Crippen LogP contribution in [0.1, 0.15) is 73.3 Å². The van der Waals surface area contributed by atoms with Crippen molar-refractivity contribution < 1.29 is 71.8 Å². The van der Waals surface area contributed by atoms with Crippen LogP contribution in [0.15, 0.2) is 48.6 Å². The highest BCUT2D eigenvalue weighted by Gasteiger charge is 2.83. The largest absolute Gasteiger partial charge is 0.466 e. The summed E-state index contributed by atoms with van der Waals surface area (Å²) in [5.41, 5.74) is -7.20. The molecule has 0 spiro atoms. The first-order chi connectivity index (χ1) is 25.7. The van der Waals surface area contributed by atoms with Crippen LogP contribution in [0.3, 0.4) is 0 Å². The zero-order valence-electron chi connectivity index (χ0n) is 32.0. The standard InChI is InChI=1S/C40H48O15/c1-21-29(55-32(47)15-14-27-12-10-9-11-13-27)19-31(51-23(3)42)39(16-17-49-22(2)41)33(21)34(52-24(4)43)28-18-30(46)38(8)40(48,37(28,7)20-50-38)36(54-26(6)45)35(39)53-25(5)44/h9-15,28-29,31,33-36,48H,1,16-20H2,2-8H3/b15-14-/t28-,29-,31-,33-,34+,35-,36-,37-,38+,39+,40-/m0/s1. The lowest BCUT2D eigenvalue weighted by molar-refractivity contribution is -0.300. The van der Waals surface area contributed by atoms with Gasteiger partial charge in [0.2, 0.25) is 0 Å². The molecule has 1 aliphatic heterocycles. The molecule has 0 amide bonds. The number of benzene rings is 1. The minimum Gasteiger partial charge on any atom is -0.466 e. The van der Waals surface area contributed by atoms with Crippen molar-refractivity contribution in [3.05, 3.63) is 54.1 Å². The molecule has 55 heavy (non-hydrogen) atoms. The molecule has 3 aliphatic carbocycles. The molecule has 1 saturated heterocycles. The van der Waals surface area contributed by atoms with E-state index in [2.05, 4.69) is 6.58 Å². The molecule has 0 radical (unpaired) electrons. The number of carbonyl (C=O) groups excluding carboxylic acids is 7. The van der Waals surface area contributed by atoms with E-state index in [0.717, 1.165) is 34.6 Å². The Bertz CT molecular complexity index is 1790. The molecule has 4 bridgehead atoms. The molecule has 15 heteroatoms. The van der Waals surface area contributed by atoms with E-state index in [0.29, 0.717) is 5.56 Å². The fourth-order valence-corrected chi connectivity index (χ4v) is 9.60. The third kappa shape index (κ3) is 7.08. The number of esters is 6. The smallest absolute Gasteiger partial charge is 0.331 e. The molecule has 0 aromatic heterocycles. The Morgan fingerprint density at radius 1 is 0.855 bits per heavy atom. The normalized spacial score (nSPS) is 36.4. The van der Waals surface area contributed by atoms with Gasteiger partial charge in [0, 0.05) is 70.8 Å². The molecular formula is C40H48O15. The summed E-state index contributed by atoms with van der Waals surface area (Å²) >= 11 is 0. The Kier molecular flexibility index (Phi) is 11.5. The number of carbonyl (C=O) groups is 7. The van der Waals surface area contributed by atoms with Crippen LogP contribution < -0.4 is 0 Å². The molecule has 3 saturated carbocycles. The average molecular weight is 769 g/mol. The number of ketones is 1. The molecule has 5 rings (SSSR count). The van der Waals surface area contributed by atoms with Gasteiger partial charge in [0.05, 0.1) is 18.6 Å². The summed E-state index contributed by atoms with van der Waals surface area (Å²) in [6.07, 6.45) is -6.11. The van der Waals surface area contributed by atoms with E-state index in [9.17, 15) is 38.7 Å². The van der Waals surface area contributed by atoms with Gasteiger partial charge in [0.25, 0.3) is 0 Å². The Labute approximate surface area is 318 Å². The van der Waals surface area contributed by atoms with E-state index in [1.54, 1.807) is 31.2 Å². The lowest BCUT2D eigenvalue weighted by Gasteiger charge is -2.65. The first kappa shape index (κ1) is 41.3. The summed E-state index contributed by atoms with van der Waals surface area (Å²) < 4.78 is 41.9. The van der Waals surface area contributed by atoms with Crippen LogP contribution in [0.25, 0.3) is 6.08 Å². The van der Waals surface area contributed by atoms with Crippen LogP contribution in [-0.4, -0.2) is 102 Å². The zero-order valence-corrected chi connectivity index (χ0v) is 32.0. The number of Topliss-reactive ketones (excluding diaryl/α,β-unsaturated/α-hetero) is 1. The molecular weight excluding hydrogens is 720 g/mol. The molecule has 15 nitrogen and oxygen atoms in total. The Morgan fingerprint density at radius 3 is 2.04 bits per heavy atom. The van der Waals surface area contributed by atoms with Crippen molar-refractivity contribution in [2.24, 2.45) is 22.7 Å². The number of ether oxygens (including phenoxy) is 7. The molecule has 4 aliphatic rings. The van der Waals surface area contributed by atoms with E-state index in [1.165, 1.54) is 19.1 Å². The fraction of sp³-hybridized carbons (Fsp3) is 0.575. The fourth-order valence-electron chi connectivity index (χ4n) is 9.60. The second kappa shape index (κ2) is 15.3. The number of rotatable bonds is 10. The van der Waals surface area contributed by atoms with E-state index in [4.69, 9.17) is 33.2 Å². The Hall–Kier alpha value is -4.89. The highest BCUT2D eigenvalue weighted by atomic mass is 16.6. The number of hydrogen-bond acceptors (Lipinski definition) is 15. The van der Waals surface area contributed by atoms with Gasteiger partial charge in [-0.1, -0.05) is 43.8 Å². The van der Waals surface area contributed by atoms with Crippen molar-refractivity contribution in [3.63, 3.8) is 0 Å². The molecule has 1 aromatic carbocycles. The first-order valence-corrected chi connectivity index (χ1v) is 18.1. The van der Waals surface area contributed by atoms with E-state index < -0.39 is 113 Å². The minimum atomic E-state index is -2.47. The van der Waals surface area contributed by atoms with Crippen LogP contribution in [0.4, 0.5) is 0 Å². The van der Waals surface area contributed by atoms with Crippen molar-refractivity contribution in [2.45, 2.75) is 109 Å². The molecule has 1 heterocycles. The summed E-state index contributed by atoms with van der Waals surface area (Å²) in [6.45, 7) is 12.2. The highest BCUT2D eigenvalue weighted by molar-refractivity contribution is 5.91. The molecule has 11 atom stereocenters. The first-order valence-electron chi connectivity index (χ1n) is 18.1. The lowest BCUT2D eigenvalue weighted by Crippen LogP contribution is -2.80. The van der Waals surface area contributed by atoms with Crippen LogP contribution in [0.2, 0.25) is 0 Å². The van der Waals surface area contributed by atoms with Crippen molar-refractivity contribution >= 4 is 47.7 Å². The van der Waals surface area contributed by atoms with Gasteiger partial charge in [-0.25, -0.2) is 4.79 Å². The number of aliphatic hydroxyl groups is 1. The van der Waals surface area contributed by atoms with E-state index in [-0.39, 0.29) is 31.4 Å². The summed E-state index contributed by atoms with van der Waals surface area (Å²) in [4.78, 5) is 92.5. The van der Waals surface area contributed by atoms with Crippen molar-refractivity contribution in [2.75, 3.05) is 13.2 Å². The maximum absolute atomic E-state index is 14.3. The van der Waals surface area contributed by atoms with Gasteiger partial charge < -0.3 is 38.3 Å². The molecule has 298 valence electrons. The van der Waals surface area contributed by atoms with Gasteiger partial charge in [-0.2, -0.15) is 0 Å². The zero-order chi connectivity index (χ0) is 40.7. The molecule has 0 unspecified atom stereocenters. The van der Waals surface area contributed by atoms with E-state index >= 15 is 0 Å². The minimum absolute atomic E-state index is 0.103. The second-order valence-electron chi connectivity index (χ2n) is 15.1. The summed E-state index contributed by atoms with van der Waals surface area (Å²) in [6, 6.07) is 8.93. The van der Waals surface area contributed by atoms with Crippen LogP contribution in [0, 0.1) is 22.7 Å². The summed E-state index contributed by atoms with van der Waals surface area (Å²) in [5, 5.41) is 13.3. The highest BCUT2D eigenvalue weighted by Crippen LogP contribution is 2.68. The summed E-state index contributed by atoms with van der Waals surface area (Å²) in [5.74, 6) is -8.09. The van der Waals surface area contributed by atoms with Crippen LogP contribution in [0.5, 0.6) is 0 Å². The quantitative estimate of drug-likeness (QED) is 0.157. The van der Waals surface area contributed by atoms with Crippen molar-refractivity contribution in [3.8, 4) is 0 Å². The molecule has 1 aromatic rings. The second-order valence-corrected chi connectivity index (χ2v) is 15.1. The van der Waals surface area contributed by atoms with Gasteiger partial charge in [-0.05, 0) is 30.6 Å². The monoisotopic (exact) mass is 768 g/mol. The molecule has 4 fully saturated rings. The van der Waals surface area contributed by atoms with Gasteiger partial charge in [-0.15, -0.1) is 0 Å². The van der Waals surface area contributed by atoms with Crippen LogP contribution >= 0.6 is 0 Å². The lowest BCUT2D eigenvalue weighted by atomic mass is 9.43. The maximum atomic E-state index is 14.3. The number of fused-ring (bicyclic) bond motifs is 1. The maximum Gasteiger partial charge on any atom is 0.331 e. The van der Waals surface area contributed by atoms with Crippen molar-refractivity contribution in [1.29, 1.82) is 0 Å². The van der Waals surface area contributed by atoms with Gasteiger partial charge in [0.1, 0.15) is 23.9 Å². The third-order valence-electron chi connectivity index (χ3n) is 11.9. The topological polar surface area (TPSA) is 204 Å². The Morgan fingerprint density at radius 2 is 1.45 bits per heavy atom. The summed E-state index contributed by atoms with van der Waals surface area (Å²) in [7, 11) is 0. The van der Waals surface area contributed by atoms with Crippen molar-refractivity contribution in [1.82, 2.24) is 0 Å². The van der Waals surface area contributed by atoms with Gasteiger partial charge in [0.15, 0.2) is 23.6 Å². The average Bonchev–Trinajstić information content (AvgIpc) is 3.23. The van der Waals surface area contributed by atoms with Crippen LogP contribution in [-0.2, 0) is 66.7 Å². The molecule has 1 N–H and O–H groups in total. The number of hydrogen-bond donors (Lipinski definition) is 1. The van der Waals surface area contributed by atoms with E-state index in [1.807, 2.05) is 6.07 Å². The predicted octanol–water partition coefficient (Wildman–Crippen LogP) is 2.98. The van der Waals surface area contributed by atoms with Gasteiger partial charge >= 0.3 is 35.8 Å². The third-order valence-corrected chi connectivity index (χ3v) is 11.9. The SMILES string of the molecule is C=C1[C@@H](OC(=O)/C=C\c2ccccc2)C[C@H](OC(C)=O)[C@@]2(CCOC(C)=O)[C@@H](OC(C)=O)[C@H](OC(C)=O)[C@]3(O)[C@@]4(C)CO[C@]3(C)C(=O)C[C@H]4[C@@H](OC(C)=O)[C@H]12. The Balaban J connectivity index is 1.84. The van der Waals surface area contributed by atoms with Gasteiger partial charge in [-0.3, -0.25) is 28.8 Å².